The summed E-state index contributed by atoms with van der Waals surface area (Å²) in [6.45, 7) is 5.88. The van der Waals surface area contributed by atoms with Gasteiger partial charge >= 0.3 is 5.97 Å². The van der Waals surface area contributed by atoms with E-state index >= 15 is 0 Å². The predicted octanol–water partition coefficient (Wildman–Crippen LogP) is 2.75. The van der Waals surface area contributed by atoms with E-state index in [-0.39, 0.29) is 16.0 Å². The molecule has 0 aliphatic carbocycles. The Kier molecular flexibility index (Phi) is 5.91. The Morgan fingerprint density at radius 1 is 1.45 bits per heavy atom. The van der Waals surface area contributed by atoms with Crippen LogP contribution in [0.1, 0.15) is 33.6 Å². The Morgan fingerprint density at radius 2 is 1.91 bits per heavy atom. The lowest BCUT2D eigenvalue weighted by molar-refractivity contribution is -0.149. The van der Waals surface area contributed by atoms with Crippen LogP contribution < -0.4 is 0 Å². The lowest BCUT2D eigenvalue weighted by Crippen LogP contribution is -2.18. The molecule has 0 heterocycles. The summed E-state index contributed by atoms with van der Waals surface area (Å²) in [5.41, 5.74) is 0. The first-order valence-electron chi connectivity index (χ1n) is 3.96. The van der Waals surface area contributed by atoms with Crippen molar-refractivity contribution in [3.05, 3.63) is 0 Å². The van der Waals surface area contributed by atoms with Crippen LogP contribution in [0.25, 0.3) is 0 Å². The zero-order chi connectivity index (χ0) is 8.85. The molecule has 0 aromatic rings. The van der Waals surface area contributed by atoms with Gasteiger partial charge in [-0.15, -0.1) is 0 Å². The summed E-state index contributed by atoms with van der Waals surface area (Å²) >= 11 is 2.08. The number of ether oxygens (including phenoxy) is 1. The second-order valence-corrected chi connectivity index (χ2v) is 4.25. The summed E-state index contributed by atoms with van der Waals surface area (Å²) < 4.78 is 5.03. The van der Waals surface area contributed by atoms with Gasteiger partial charge in [0.15, 0.2) is 0 Å². The van der Waals surface area contributed by atoms with E-state index in [0.29, 0.717) is 0 Å². The summed E-state index contributed by atoms with van der Waals surface area (Å²) in [5, 5.41) is 0. The third-order valence-electron chi connectivity index (χ3n) is 1.60. The average molecular weight is 270 g/mol. The summed E-state index contributed by atoms with van der Waals surface area (Å²) in [6.07, 6.45) is 1.75. The van der Waals surface area contributed by atoms with Crippen LogP contribution >= 0.6 is 22.6 Å². The van der Waals surface area contributed by atoms with Crippen molar-refractivity contribution in [1.82, 2.24) is 0 Å². The number of carbonyl (C=O) groups is 1. The van der Waals surface area contributed by atoms with E-state index < -0.39 is 0 Å². The van der Waals surface area contributed by atoms with Gasteiger partial charge in [0, 0.05) is 0 Å². The number of alkyl halides is 1. The van der Waals surface area contributed by atoms with Gasteiger partial charge in [-0.2, -0.15) is 0 Å². The maximum absolute atomic E-state index is 11.2. The van der Waals surface area contributed by atoms with Crippen molar-refractivity contribution in [3.8, 4) is 0 Å². The van der Waals surface area contributed by atoms with Crippen molar-refractivity contribution in [1.29, 1.82) is 0 Å². The van der Waals surface area contributed by atoms with Crippen molar-refractivity contribution in [2.24, 2.45) is 5.92 Å². The van der Waals surface area contributed by atoms with E-state index in [1.807, 2.05) is 20.8 Å². The molecule has 0 N–H and O–H groups in total. The highest BCUT2D eigenvalue weighted by Gasteiger charge is 2.16. The SMILES string of the molecule is CCC(CC)C(=O)OC(C)I. The summed E-state index contributed by atoms with van der Waals surface area (Å²) in [4.78, 5) is 11.2. The molecular formula is C8H15IO2. The van der Waals surface area contributed by atoms with Crippen LogP contribution in [0.3, 0.4) is 0 Å². The van der Waals surface area contributed by atoms with Gasteiger partial charge in [-0.1, -0.05) is 13.8 Å². The molecule has 0 aromatic carbocycles. The van der Waals surface area contributed by atoms with Crippen LogP contribution in [0.15, 0.2) is 0 Å². The molecule has 3 heteroatoms. The van der Waals surface area contributed by atoms with Crippen LogP contribution in [0, 0.1) is 5.92 Å². The van der Waals surface area contributed by atoms with E-state index in [1.54, 1.807) is 0 Å². The highest BCUT2D eigenvalue weighted by Crippen LogP contribution is 2.12. The molecule has 1 atom stereocenters. The van der Waals surface area contributed by atoms with Crippen molar-refractivity contribution in [2.45, 2.75) is 37.7 Å². The minimum Gasteiger partial charge on any atom is -0.452 e. The second-order valence-electron chi connectivity index (χ2n) is 2.49. The molecule has 66 valence electrons. The third kappa shape index (κ3) is 4.61. The highest BCUT2D eigenvalue weighted by atomic mass is 127. The Bertz CT molecular complexity index is 119. The molecule has 0 spiro atoms. The zero-order valence-electron chi connectivity index (χ0n) is 7.26. The third-order valence-corrected chi connectivity index (χ3v) is 1.85. The number of halogens is 1. The second kappa shape index (κ2) is 5.80. The van der Waals surface area contributed by atoms with Crippen molar-refractivity contribution in [2.75, 3.05) is 0 Å². The molecule has 0 bridgehead atoms. The van der Waals surface area contributed by atoms with E-state index in [4.69, 9.17) is 4.74 Å². The van der Waals surface area contributed by atoms with Crippen LogP contribution in [-0.4, -0.2) is 10.1 Å². The first-order chi connectivity index (χ1) is 5.11. The van der Waals surface area contributed by atoms with E-state index in [1.165, 1.54) is 0 Å². The molecule has 0 aromatic heterocycles. The molecule has 0 aliphatic rings. The van der Waals surface area contributed by atoms with Gasteiger partial charge in [0.2, 0.25) is 0 Å². The van der Waals surface area contributed by atoms with Gasteiger partial charge in [0.1, 0.15) is 4.11 Å². The van der Waals surface area contributed by atoms with E-state index in [2.05, 4.69) is 22.6 Å². The standard InChI is InChI=1S/C8H15IO2/c1-4-7(5-2)8(10)11-6(3)9/h6-7H,4-5H2,1-3H3. The molecule has 0 saturated heterocycles. The number of hydrogen-bond acceptors (Lipinski definition) is 2. The molecule has 0 saturated carbocycles. The van der Waals surface area contributed by atoms with Gasteiger partial charge in [-0.25, -0.2) is 0 Å². The molecule has 11 heavy (non-hydrogen) atoms. The minimum absolute atomic E-state index is 0.0132. The lowest BCUT2D eigenvalue weighted by Gasteiger charge is -2.12. The Hall–Kier alpha value is 0.200. The van der Waals surface area contributed by atoms with E-state index in [9.17, 15) is 4.79 Å². The number of esters is 1. The van der Waals surface area contributed by atoms with E-state index in [0.717, 1.165) is 12.8 Å². The molecule has 0 fully saturated rings. The van der Waals surface area contributed by atoms with Crippen LogP contribution in [0.2, 0.25) is 0 Å². The molecule has 0 rings (SSSR count). The Morgan fingerprint density at radius 3 is 2.18 bits per heavy atom. The van der Waals surface area contributed by atoms with Crippen LogP contribution in [0.5, 0.6) is 0 Å². The topological polar surface area (TPSA) is 26.3 Å². The number of rotatable bonds is 4. The number of carbonyl (C=O) groups excluding carboxylic acids is 1. The predicted molar refractivity (Wildman–Crippen MR) is 53.6 cm³/mol. The molecule has 0 aliphatic heterocycles. The summed E-state index contributed by atoms with van der Waals surface area (Å²) in [6, 6.07) is 0. The normalized spacial score (nSPS) is 13.2. The molecule has 0 radical (unpaired) electrons. The van der Waals surface area contributed by atoms with Gasteiger partial charge in [0.05, 0.1) is 5.92 Å². The molecule has 2 nitrogen and oxygen atoms in total. The largest absolute Gasteiger partial charge is 0.452 e. The fourth-order valence-electron chi connectivity index (χ4n) is 0.878. The number of hydrogen-bond donors (Lipinski definition) is 0. The first-order valence-corrected chi connectivity index (χ1v) is 5.20. The lowest BCUT2D eigenvalue weighted by atomic mass is 10.0. The quantitative estimate of drug-likeness (QED) is 0.446. The Labute approximate surface area is 81.8 Å². The maximum Gasteiger partial charge on any atom is 0.309 e. The average Bonchev–Trinajstić information content (AvgIpc) is 1.88. The fourth-order valence-corrected chi connectivity index (χ4v) is 1.13. The van der Waals surface area contributed by atoms with Gasteiger partial charge in [-0.3, -0.25) is 4.79 Å². The van der Waals surface area contributed by atoms with Crippen LogP contribution in [0.4, 0.5) is 0 Å². The smallest absolute Gasteiger partial charge is 0.309 e. The van der Waals surface area contributed by atoms with Crippen molar-refractivity contribution >= 4 is 28.6 Å². The molecule has 1 unspecified atom stereocenters. The first kappa shape index (κ1) is 11.2. The monoisotopic (exact) mass is 270 g/mol. The Balaban J connectivity index is 3.79. The van der Waals surface area contributed by atoms with Gasteiger partial charge in [-0.05, 0) is 42.4 Å². The maximum atomic E-state index is 11.2. The molecular weight excluding hydrogens is 255 g/mol. The summed E-state index contributed by atoms with van der Waals surface area (Å²) in [5.74, 6) is 0.0316. The fraction of sp³-hybridized carbons (Fsp3) is 0.875. The summed E-state index contributed by atoms with van der Waals surface area (Å²) in [7, 11) is 0. The minimum atomic E-state index is -0.0584. The van der Waals surface area contributed by atoms with Crippen molar-refractivity contribution < 1.29 is 9.53 Å². The zero-order valence-corrected chi connectivity index (χ0v) is 9.42. The highest BCUT2D eigenvalue weighted by molar-refractivity contribution is 14.1. The van der Waals surface area contributed by atoms with Crippen LogP contribution in [-0.2, 0) is 9.53 Å². The van der Waals surface area contributed by atoms with Gasteiger partial charge in [0.25, 0.3) is 0 Å². The van der Waals surface area contributed by atoms with Crippen molar-refractivity contribution in [3.63, 3.8) is 0 Å². The molecule has 0 amide bonds. The van der Waals surface area contributed by atoms with Gasteiger partial charge < -0.3 is 4.74 Å².